The predicted molar refractivity (Wildman–Crippen MR) is 97.6 cm³/mol. The summed E-state index contributed by atoms with van der Waals surface area (Å²) in [4.78, 5) is 23.0. The Balaban J connectivity index is 3.34. The Morgan fingerprint density at radius 3 is 1.67 bits per heavy atom. The number of hydrogen-bond donors (Lipinski definition) is 0. The molecule has 1 radical (unpaired) electrons. The van der Waals surface area contributed by atoms with Crippen LogP contribution in [0.4, 0.5) is 0 Å². The molecule has 4 nitrogen and oxygen atoms in total. The lowest BCUT2D eigenvalue weighted by Gasteiger charge is -2.06. The summed E-state index contributed by atoms with van der Waals surface area (Å²) in [5.74, 6) is -0.764. The van der Waals surface area contributed by atoms with Crippen LogP contribution >= 0.6 is 0 Å². The van der Waals surface area contributed by atoms with Crippen molar-refractivity contribution in [3.05, 3.63) is 6.42 Å². The topological polar surface area (TPSA) is 52.6 Å². The van der Waals surface area contributed by atoms with E-state index in [2.05, 4.69) is 13.8 Å². The van der Waals surface area contributed by atoms with Crippen molar-refractivity contribution in [2.24, 2.45) is 0 Å². The van der Waals surface area contributed by atoms with E-state index < -0.39 is 5.97 Å². The van der Waals surface area contributed by atoms with Crippen LogP contribution in [0, 0.1) is 6.42 Å². The van der Waals surface area contributed by atoms with E-state index in [9.17, 15) is 9.59 Å². The first-order valence-electron chi connectivity index (χ1n) is 9.86. The van der Waals surface area contributed by atoms with E-state index in [0.717, 1.165) is 25.7 Å². The average molecular weight is 342 g/mol. The van der Waals surface area contributed by atoms with E-state index in [4.69, 9.17) is 9.47 Å². The van der Waals surface area contributed by atoms with Gasteiger partial charge in [0.25, 0.3) is 0 Å². The van der Waals surface area contributed by atoms with Gasteiger partial charge in [-0.1, -0.05) is 78.1 Å². The van der Waals surface area contributed by atoms with Crippen LogP contribution in [0.1, 0.15) is 97.3 Å². The average Bonchev–Trinajstić information content (AvgIpc) is 2.58. The van der Waals surface area contributed by atoms with Crippen molar-refractivity contribution < 1.29 is 19.1 Å². The molecule has 24 heavy (non-hydrogen) atoms. The minimum atomic E-state index is -0.417. The Bertz CT molecular complexity index is 272. The summed E-state index contributed by atoms with van der Waals surface area (Å²) in [6.07, 6.45) is 15.2. The number of unbranched alkanes of at least 4 members (excludes halogenated alkanes) is 10. The van der Waals surface area contributed by atoms with Crippen LogP contribution < -0.4 is 0 Å². The first-order valence-corrected chi connectivity index (χ1v) is 9.86. The summed E-state index contributed by atoms with van der Waals surface area (Å²) in [6, 6.07) is 0. The summed E-state index contributed by atoms with van der Waals surface area (Å²) in [7, 11) is 0. The van der Waals surface area contributed by atoms with Crippen LogP contribution in [0.3, 0.4) is 0 Å². The van der Waals surface area contributed by atoms with Gasteiger partial charge in [-0.05, 0) is 12.8 Å². The van der Waals surface area contributed by atoms with Crippen molar-refractivity contribution in [3.63, 3.8) is 0 Å². The Labute approximate surface area is 148 Å². The highest BCUT2D eigenvalue weighted by atomic mass is 16.5. The highest BCUT2D eigenvalue weighted by Crippen LogP contribution is 2.06. The predicted octanol–water partition coefficient (Wildman–Crippen LogP) is 5.39. The number of hydrogen-bond acceptors (Lipinski definition) is 4. The van der Waals surface area contributed by atoms with Gasteiger partial charge in [0.2, 0.25) is 0 Å². The van der Waals surface area contributed by atoms with E-state index in [1.807, 2.05) is 0 Å². The van der Waals surface area contributed by atoms with Crippen LogP contribution in [0.2, 0.25) is 0 Å². The third-order valence-electron chi connectivity index (χ3n) is 3.94. The molecule has 0 saturated heterocycles. The summed E-state index contributed by atoms with van der Waals surface area (Å²) in [5, 5.41) is 0. The van der Waals surface area contributed by atoms with E-state index in [1.165, 1.54) is 57.8 Å². The van der Waals surface area contributed by atoms with E-state index in [0.29, 0.717) is 13.2 Å². The van der Waals surface area contributed by atoms with Gasteiger partial charge in [-0.3, -0.25) is 9.59 Å². The van der Waals surface area contributed by atoms with Gasteiger partial charge in [0, 0.05) is 0 Å². The maximum atomic E-state index is 11.5. The summed E-state index contributed by atoms with van der Waals surface area (Å²) in [5.41, 5.74) is 0. The molecule has 141 valence electrons. The fourth-order valence-corrected chi connectivity index (χ4v) is 2.41. The number of carbonyl (C=O) groups excluding carboxylic acids is 2. The fraction of sp³-hybridized carbons (Fsp3) is 0.850. The maximum Gasteiger partial charge on any atom is 0.310 e. The maximum absolute atomic E-state index is 11.5. The molecule has 4 heteroatoms. The highest BCUT2D eigenvalue weighted by Gasteiger charge is 2.09. The standard InChI is InChI=1S/C20H37O4/c1-3-5-7-9-11-13-17-23-19(21)15-16-20(22)24-18-14-12-10-8-6-4-2/h15H,3-14,16-18H2,1-2H3. The third kappa shape index (κ3) is 17.3. The van der Waals surface area contributed by atoms with Gasteiger partial charge in [-0.15, -0.1) is 0 Å². The Kier molecular flexibility index (Phi) is 17.5. The smallest absolute Gasteiger partial charge is 0.310 e. The summed E-state index contributed by atoms with van der Waals surface area (Å²) < 4.78 is 10.2. The van der Waals surface area contributed by atoms with Gasteiger partial charge in [0.1, 0.15) is 0 Å². The molecule has 0 atom stereocenters. The van der Waals surface area contributed by atoms with Crippen molar-refractivity contribution in [2.75, 3.05) is 13.2 Å². The van der Waals surface area contributed by atoms with E-state index in [-0.39, 0.29) is 12.4 Å². The zero-order valence-electron chi connectivity index (χ0n) is 15.8. The Hall–Kier alpha value is -1.06. The molecule has 0 rings (SSSR count). The molecule has 0 N–H and O–H groups in total. The second-order valence-electron chi connectivity index (χ2n) is 6.33. The Morgan fingerprint density at radius 2 is 1.12 bits per heavy atom. The molecule has 0 aromatic heterocycles. The first kappa shape index (κ1) is 22.9. The van der Waals surface area contributed by atoms with Crippen molar-refractivity contribution in [1.82, 2.24) is 0 Å². The van der Waals surface area contributed by atoms with E-state index >= 15 is 0 Å². The van der Waals surface area contributed by atoms with E-state index in [1.54, 1.807) is 0 Å². The highest BCUT2D eigenvalue weighted by molar-refractivity contribution is 5.85. The van der Waals surface area contributed by atoms with Crippen LogP contribution in [-0.4, -0.2) is 25.2 Å². The van der Waals surface area contributed by atoms with Gasteiger partial charge in [-0.2, -0.15) is 0 Å². The molecule has 0 amide bonds. The largest absolute Gasteiger partial charge is 0.466 e. The Morgan fingerprint density at radius 1 is 0.667 bits per heavy atom. The monoisotopic (exact) mass is 341 g/mol. The minimum Gasteiger partial charge on any atom is -0.466 e. The second-order valence-corrected chi connectivity index (χ2v) is 6.33. The van der Waals surface area contributed by atoms with Crippen molar-refractivity contribution in [3.8, 4) is 0 Å². The lowest BCUT2D eigenvalue weighted by Crippen LogP contribution is -2.12. The minimum absolute atomic E-state index is 0.00513. The molecule has 0 fully saturated rings. The molecule has 0 aromatic rings. The molecule has 0 aliphatic carbocycles. The molecule has 0 heterocycles. The number of carbonyl (C=O) groups is 2. The van der Waals surface area contributed by atoms with Crippen LogP contribution in [0.15, 0.2) is 0 Å². The lowest BCUT2D eigenvalue weighted by atomic mass is 10.1. The van der Waals surface area contributed by atoms with Gasteiger partial charge in [0.15, 0.2) is 0 Å². The van der Waals surface area contributed by atoms with Gasteiger partial charge in [-0.25, -0.2) is 0 Å². The van der Waals surface area contributed by atoms with Gasteiger partial charge < -0.3 is 9.47 Å². The molecule has 0 aliphatic rings. The third-order valence-corrected chi connectivity index (χ3v) is 3.94. The molecule has 0 bridgehead atoms. The van der Waals surface area contributed by atoms with Crippen LogP contribution in [0.5, 0.6) is 0 Å². The van der Waals surface area contributed by atoms with Gasteiger partial charge in [0.05, 0.1) is 26.1 Å². The zero-order valence-corrected chi connectivity index (χ0v) is 15.8. The molecule has 0 unspecified atom stereocenters. The zero-order chi connectivity index (χ0) is 17.9. The van der Waals surface area contributed by atoms with Gasteiger partial charge >= 0.3 is 11.9 Å². The summed E-state index contributed by atoms with van der Waals surface area (Å²) in [6.45, 7) is 5.27. The SMILES string of the molecule is CCCCCCCCOC(=O)[CH]CC(=O)OCCCCCCCC. The van der Waals surface area contributed by atoms with Crippen molar-refractivity contribution in [2.45, 2.75) is 97.3 Å². The number of ether oxygens (including phenoxy) is 2. The molecule has 0 spiro atoms. The molecule has 0 saturated carbocycles. The summed E-state index contributed by atoms with van der Waals surface area (Å²) >= 11 is 0. The van der Waals surface area contributed by atoms with Crippen LogP contribution in [-0.2, 0) is 19.1 Å². The normalized spacial score (nSPS) is 10.6. The van der Waals surface area contributed by atoms with Crippen LogP contribution in [0.25, 0.3) is 0 Å². The fourth-order valence-electron chi connectivity index (χ4n) is 2.41. The first-order chi connectivity index (χ1) is 11.7. The molecule has 0 aliphatic heterocycles. The second kappa shape index (κ2) is 18.3. The number of rotatable bonds is 17. The van der Waals surface area contributed by atoms with Crippen molar-refractivity contribution >= 4 is 11.9 Å². The number of esters is 2. The molecule has 0 aromatic carbocycles. The molecular weight excluding hydrogens is 304 g/mol. The van der Waals surface area contributed by atoms with Crippen molar-refractivity contribution in [1.29, 1.82) is 0 Å². The molecular formula is C20H37O4. The quantitative estimate of drug-likeness (QED) is 0.263. The lowest BCUT2D eigenvalue weighted by molar-refractivity contribution is -0.146.